The van der Waals surface area contributed by atoms with Crippen LogP contribution in [-0.4, -0.2) is 102 Å². The first-order valence-corrected chi connectivity index (χ1v) is 5.89. The SMILES string of the molecule is [F][Ge][F].[F][Ge][F].[F][Ge][F].[GeH2].[GeH2].[GeH2]. The van der Waals surface area contributed by atoms with Crippen molar-refractivity contribution < 1.29 is 21.0 Å². The summed E-state index contributed by atoms with van der Waals surface area (Å²) in [4.78, 5) is 0. The predicted octanol–water partition coefficient (Wildman–Crippen LogP) is -1.37. The van der Waals surface area contributed by atoms with Crippen LogP contribution >= 0.6 is 0 Å². The van der Waals surface area contributed by atoms with Crippen molar-refractivity contribution in [2.24, 2.45) is 0 Å². The molecule has 0 N–H and O–H groups in total. The van der Waals surface area contributed by atoms with Gasteiger partial charge in [0.05, 0.1) is 0 Å². The third kappa shape index (κ3) is 223. The molecule has 0 heterocycles. The van der Waals surface area contributed by atoms with E-state index in [2.05, 4.69) is 0 Å². The van der Waals surface area contributed by atoms with Crippen molar-refractivity contribution in [2.75, 3.05) is 0 Å². The van der Waals surface area contributed by atoms with Crippen molar-refractivity contribution in [1.82, 2.24) is 0 Å². The summed E-state index contributed by atoms with van der Waals surface area (Å²) >= 11 is -7.50. The topological polar surface area (TPSA) is 0 Å². The molecule has 0 amide bonds. The van der Waals surface area contributed by atoms with Gasteiger partial charge in [-0.05, 0) is 0 Å². The van der Waals surface area contributed by atoms with Gasteiger partial charge in [0, 0.05) is 0 Å². The van der Waals surface area contributed by atoms with E-state index in [0.29, 0.717) is 0 Å². The predicted molar refractivity (Wildman–Crippen MR) is 49.5 cm³/mol. The first-order chi connectivity index (χ1) is 4.24. The molecule has 12 heavy (non-hydrogen) atoms. The summed E-state index contributed by atoms with van der Waals surface area (Å²) in [7, 11) is 0. The fourth-order valence-electron chi connectivity index (χ4n) is 0. The second-order valence-corrected chi connectivity index (χ2v) is 1.11. The van der Waals surface area contributed by atoms with Crippen LogP contribution in [0.25, 0.3) is 0 Å². The van der Waals surface area contributed by atoms with Crippen molar-refractivity contribution in [3.8, 4) is 0 Å². The summed E-state index contributed by atoms with van der Waals surface area (Å²) in [5.74, 6) is 0. The van der Waals surface area contributed by atoms with Crippen molar-refractivity contribution >= 4 is 102 Å². The van der Waals surface area contributed by atoms with E-state index in [4.69, 9.17) is 0 Å². The van der Waals surface area contributed by atoms with Crippen LogP contribution in [-0.2, 0) is 0 Å². The molecule has 12 heteroatoms. The first kappa shape index (κ1) is 36.4. The zero-order valence-corrected chi connectivity index (χ0v) is 21.1. The van der Waals surface area contributed by atoms with Gasteiger partial charge in [-0.15, -0.1) is 0 Å². The van der Waals surface area contributed by atoms with Crippen LogP contribution in [0.15, 0.2) is 0 Å². The molecule has 0 unspecified atom stereocenters. The van der Waals surface area contributed by atoms with E-state index in [-0.39, 0.29) is 52.8 Å². The Morgan fingerprint density at radius 2 is 0.417 bits per heavy atom. The Labute approximate surface area is 121 Å². The van der Waals surface area contributed by atoms with Crippen LogP contribution in [0.4, 0.5) is 21.0 Å². The van der Waals surface area contributed by atoms with Gasteiger partial charge in [-0.2, -0.15) is 0 Å². The summed E-state index contributed by atoms with van der Waals surface area (Å²) in [5.41, 5.74) is 0. The van der Waals surface area contributed by atoms with E-state index < -0.39 is 49.1 Å². The molecule has 0 saturated heterocycles. The van der Waals surface area contributed by atoms with Crippen LogP contribution < -0.4 is 0 Å². The van der Waals surface area contributed by atoms with Gasteiger partial charge in [0.1, 0.15) is 0 Å². The maximum absolute atomic E-state index is 9.75. The van der Waals surface area contributed by atoms with Crippen LogP contribution in [0.5, 0.6) is 0 Å². The molecule has 0 bridgehead atoms. The molecule has 72 valence electrons. The summed E-state index contributed by atoms with van der Waals surface area (Å²) in [6.45, 7) is 0. The Bertz CT molecular complexity index is 16.8. The standard InChI is InChI=1S/3F2Ge.3GeH2/c3*1-3-2;;;/h;;;3*1H2. The van der Waals surface area contributed by atoms with E-state index in [9.17, 15) is 21.0 Å². The molecular formula is H6F6Ge6. The van der Waals surface area contributed by atoms with Gasteiger partial charge < -0.3 is 0 Å². The third-order valence-electron chi connectivity index (χ3n) is 0. The van der Waals surface area contributed by atoms with Crippen LogP contribution in [0.2, 0.25) is 0 Å². The van der Waals surface area contributed by atoms with Gasteiger partial charge >= 0.3 is 123 Å². The van der Waals surface area contributed by atoms with E-state index in [1.165, 1.54) is 0 Å². The second-order valence-electron chi connectivity index (χ2n) is 0.214. The molecule has 0 aromatic rings. The molecule has 0 aliphatic rings. The molecule has 0 aliphatic carbocycles. The minimum absolute atomic E-state index is 0. The Hall–Kier alpha value is 2.84. The summed E-state index contributed by atoms with van der Waals surface area (Å²) in [6.07, 6.45) is 0. The third-order valence-corrected chi connectivity index (χ3v) is 0. The fraction of sp³-hybridized carbons (Fsp3) is 0. The quantitative estimate of drug-likeness (QED) is 0.256. The van der Waals surface area contributed by atoms with E-state index in [0.717, 1.165) is 0 Å². The molecule has 12 radical (unpaired) electrons. The monoisotopic (exact) mass is 564 g/mol. The number of hydrogen-bond acceptors (Lipinski definition) is 0. The molecule has 0 aromatic carbocycles. The van der Waals surface area contributed by atoms with Gasteiger partial charge in [-0.25, -0.2) is 0 Å². The zero-order valence-electron chi connectivity index (χ0n) is 5.89. The average molecular weight is 556 g/mol. The van der Waals surface area contributed by atoms with Crippen molar-refractivity contribution in [3.05, 3.63) is 0 Å². The summed E-state index contributed by atoms with van der Waals surface area (Å²) < 4.78 is 58.5. The maximum atomic E-state index is 9.75. The molecule has 0 atom stereocenters. The van der Waals surface area contributed by atoms with Gasteiger partial charge in [-0.3, -0.25) is 0 Å². The average Bonchev–Trinajstić information content (AvgIpc) is 1.70. The Morgan fingerprint density at radius 3 is 0.417 bits per heavy atom. The number of rotatable bonds is 0. The summed E-state index contributed by atoms with van der Waals surface area (Å²) in [6, 6.07) is 0. The minimum atomic E-state index is -2.50. The molecule has 0 aliphatic heterocycles. The second kappa shape index (κ2) is 66.9. The molecule has 0 aromatic heterocycles. The molecule has 0 nitrogen and oxygen atoms in total. The van der Waals surface area contributed by atoms with Gasteiger partial charge in [0.15, 0.2) is 0 Å². The Kier molecular flexibility index (Phi) is 203. The van der Waals surface area contributed by atoms with E-state index >= 15 is 0 Å². The summed E-state index contributed by atoms with van der Waals surface area (Å²) in [5, 5.41) is 0. The van der Waals surface area contributed by atoms with Crippen molar-refractivity contribution in [1.29, 1.82) is 0 Å². The normalized spacial score (nSPS) is 4.50. The number of hydrogen-bond donors (Lipinski definition) is 0. The molecule has 0 saturated carbocycles. The van der Waals surface area contributed by atoms with Crippen molar-refractivity contribution in [2.45, 2.75) is 0 Å². The molecule has 0 fully saturated rings. The fourth-order valence-corrected chi connectivity index (χ4v) is 0. The first-order valence-electron chi connectivity index (χ1n) is 1.13. The van der Waals surface area contributed by atoms with Crippen LogP contribution in [0, 0.1) is 0 Å². The number of halogens is 6. The van der Waals surface area contributed by atoms with E-state index in [1.54, 1.807) is 0 Å². The van der Waals surface area contributed by atoms with Crippen LogP contribution in [0.3, 0.4) is 0 Å². The Balaban J connectivity index is -0.00000001000. The van der Waals surface area contributed by atoms with Crippen molar-refractivity contribution in [3.63, 3.8) is 0 Å². The van der Waals surface area contributed by atoms with Crippen LogP contribution in [0.1, 0.15) is 0 Å². The van der Waals surface area contributed by atoms with Gasteiger partial charge in [0.2, 0.25) is 0 Å². The molecule has 0 rings (SSSR count). The Morgan fingerprint density at radius 1 is 0.417 bits per heavy atom. The molecule has 0 spiro atoms. The zero-order chi connectivity index (χ0) is 8.12. The van der Waals surface area contributed by atoms with Gasteiger partial charge in [-0.1, -0.05) is 0 Å². The molecular weight excluding hydrogens is 550 g/mol. The van der Waals surface area contributed by atoms with Gasteiger partial charge in [0.25, 0.3) is 0 Å². The van der Waals surface area contributed by atoms with E-state index in [1.807, 2.05) is 0 Å².